The Morgan fingerprint density at radius 3 is 2.67 bits per heavy atom. The Balaban J connectivity index is 0.00000289. The number of benzene rings is 1. The van der Waals surface area contributed by atoms with Crippen LogP contribution in [0.1, 0.15) is 26.3 Å². The first-order valence-corrected chi connectivity index (χ1v) is 6.06. The Kier molecular flexibility index (Phi) is 8.27. The first-order valence-electron chi connectivity index (χ1n) is 5.27. The zero-order valence-corrected chi connectivity index (χ0v) is 15.2. The maximum Gasteiger partial charge on any atom is 0.390 e. The number of rotatable bonds is 3. The maximum atomic E-state index is 11.3. The number of ether oxygens (including phenoxy) is 1. The van der Waals surface area contributed by atoms with Crippen LogP contribution in [0.2, 0.25) is 0 Å². The van der Waals surface area contributed by atoms with Gasteiger partial charge in [0, 0.05) is 37.2 Å². The second-order valence-electron chi connectivity index (χ2n) is 4.56. The molecule has 0 heterocycles. The van der Waals surface area contributed by atoms with Gasteiger partial charge in [-0.25, -0.2) is 4.79 Å². The quantitative estimate of drug-likeness (QED) is 0.801. The van der Waals surface area contributed by atoms with Crippen molar-refractivity contribution in [2.75, 3.05) is 0 Å². The van der Waals surface area contributed by atoms with Crippen molar-refractivity contribution in [1.82, 2.24) is 5.43 Å². The predicted molar refractivity (Wildman–Crippen MR) is 70.6 cm³/mol. The van der Waals surface area contributed by atoms with Crippen molar-refractivity contribution < 1.29 is 42.2 Å². The molecule has 0 fully saturated rings. The summed E-state index contributed by atoms with van der Waals surface area (Å²) in [6.45, 7) is 5.83. The molecule has 1 rings (SSSR count). The van der Waals surface area contributed by atoms with Crippen molar-refractivity contribution >= 4 is 22.0 Å². The van der Waals surface area contributed by atoms with E-state index in [4.69, 9.17) is 4.74 Å². The van der Waals surface area contributed by atoms with Crippen LogP contribution in [0.4, 0.5) is 4.79 Å². The van der Waals surface area contributed by atoms with E-state index in [0.29, 0.717) is 6.54 Å². The topological polar surface area (TPSA) is 52.4 Å². The van der Waals surface area contributed by atoms with E-state index < -0.39 is 11.7 Å². The minimum atomic E-state index is -0.535. The van der Waals surface area contributed by atoms with Gasteiger partial charge in [0.15, 0.2) is 0 Å². The molecule has 1 radical (unpaired) electrons. The molecule has 0 saturated carbocycles. The number of hydrogen-bond donors (Lipinski definition) is 1. The third-order valence-electron chi connectivity index (χ3n) is 1.72. The Hall–Kier alpha value is 0.0339. The van der Waals surface area contributed by atoms with E-state index in [1.165, 1.54) is 0 Å². The van der Waals surface area contributed by atoms with E-state index in [2.05, 4.69) is 26.8 Å². The van der Waals surface area contributed by atoms with Crippen LogP contribution in [0.3, 0.4) is 0 Å². The SMILES string of the molecule is CC(C)(C)OC(=O)N[N-]Cc1cccc(Br)c1.[Y]. The third kappa shape index (κ3) is 8.19. The first kappa shape index (κ1) is 18.0. The van der Waals surface area contributed by atoms with E-state index in [1.54, 1.807) is 20.8 Å². The number of halogens is 1. The van der Waals surface area contributed by atoms with Crippen molar-refractivity contribution in [3.8, 4) is 0 Å². The van der Waals surface area contributed by atoms with Crippen molar-refractivity contribution in [1.29, 1.82) is 0 Å². The van der Waals surface area contributed by atoms with E-state index in [9.17, 15) is 4.79 Å². The minimum Gasteiger partial charge on any atom is -0.562 e. The molecule has 0 spiro atoms. The summed E-state index contributed by atoms with van der Waals surface area (Å²) in [6.07, 6.45) is -0.535. The average Bonchev–Trinajstić information content (AvgIpc) is 2.14. The largest absolute Gasteiger partial charge is 0.562 e. The molecule has 0 bridgehead atoms. The number of carbonyl (C=O) groups excluding carboxylic acids is 1. The molecule has 0 unspecified atom stereocenters. The van der Waals surface area contributed by atoms with E-state index in [-0.39, 0.29) is 32.7 Å². The van der Waals surface area contributed by atoms with Gasteiger partial charge in [-0.15, -0.1) is 6.54 Å². The molecule has 0 aromatic heterocycles. The number of carbonyl (C=O) groups is 1. The molecule has 0 aliphatic rings. The summed E-state index contributed by atoms with van der Waals surface area (Å²) >= 11 is 3.37. The summed E-state index contributed by atoms with van der Waals surface area (Å²) in [5.74, 6) is 0. The Morgan fingerprint density at radius 1 is 1.44 bits per heavy atom. The molecular formula is C12H16BrN2O2Y-. The van der Waals surface area contributed by atoms with Gasteiger partial charge in [0.2, 0.25) is 0 Å². The molecule has 97 valence electrons. The van der Waals surface area contributed by atoms with Gasteiger partial charge in [-0.1, -0.05) is 33.6 Å². The average molecular weight is 389 g/mol. The van der Waals surface area contributed by atoms with Crippen LogP contribution in [0.15, 0.2) is 28.7 Å². The molecule has 1 aromatic rings. The number of hydrogen-bond acceptors (Lipinski definition) is 2. The van der Waals surface area contributed by atoms with Crippen LogP contribution < -0.4 is 5.43 Å². The van der Waals surface area contributed by atoms with Crippen LogP contribution in [-0.2, 0) is 44.0 Å². The zero-order chi connectivity index (χ0) is 12.9. The fraction of sp³-hybridized carbons (Fsp3) is 0.417. The molecule has 18 heavy (non-hydrogen) atoms. The van der Waals surface area contributed by atoms with E-state index >= 15 is 0 Å². The molecule has 6 heteroatoms. The summed E-state index contributed by atoms with van der Waals surface area (Å²) in [7, 11) is 0. The smallest absolute Gasteiger partial charge is 0.390 e. The minimum absolute atomic E-state index is 0. The van der Waals surface area contributed by atoms with Crippen LogP contribution in [0, 0.1) is 0 Å². The number of amides is 1. The van der Waals surface area contributed by atoms with Gasteiger partial charge in [0.25, 0.3) is 0 Å². The van der Waals surface area contributed by atoms with Crippen LogP contribution in [0.5, 0.6) is 0 Å². The molecule has 0 aliphatic heterocycles. The molecule has 1 amide bonds. The Morgan fingerprint density at radius 2 is 2.11 bits per heavy atom. The zero-order valence-electron chi connectivity index (χ0n) is 10.7. The van der Waals surface area contributed by atoms with E-state index in [1.807, 2.05) is 24.3 Å². The fourth-order valence-corrected chi connectivity index (χ4v) is 1.58. The monoisotopic (exact) mass is 388 g/mol. The summed E-state index contributed by atoms with van der Waals surface area (Å²) in [4.78, 5) is 11.3. The summed E-state index contributed by atoms with van der Waals surface area (Å²) in [6, 6.07) is 7.73. The number of nitrogens with one attached hydrogen (secondary N) is 1. The summed E-state index contributed by atoms with van der Waals surface area (Å²) < 4.78 is 6.03. The van der Waals surface area contributed by atoms with Crippen molar-refractivity contribution in [3.63, 3.8) is 0 Å². The Labute approximate surface area is 141 Å². The fourth-order valence-electron chi connectivity index (χ4n) is 1.13. The maximum absolute atomic E-state index is 11.3. The van der Waals surface area contributed by atoms with Gasteiger partial charge in [0.05, 0.1) is 0 Å². The molecule has 0 atom stereocenters. The molecule has 0 aliphatic carbocycles. The first-order chi connectivity index (χ1) is 7.87. The van der Waals surface area contributed by atoms with Gasteiger partial charge in [-0.05, 0) is 32.9 Å². The third-order valence-corrected chi connectivity index (χ3v) is 2.21. The molecule has 4 nitrogen and oxygen atoms in total. The molecular weight excluding hydrogens is 373 g/mol. The molecule has 1 aromatic carbocycles. The van der Waals surface area contributed by atoms with Gasteiger partial charge in [0.1, 0.15) is 5.60 Å². The second kappa shape index (κ2) is 8.25. The van der Waals surface area contributed by atoms with Crippen LogP contribution >= 0.6 is 15.9 Å². The van der Waals surface area contributed by atoms with Crippen LogP contribution in [-0.4, -0.2) is 11.7 Å². The van der Waals surface area contributed by atoms with Gasteiger partial charge >= 0.3 is 6.09 Å². The standard InChI is InChI=1S/C12H16BrN2O2.Y/c1-12(2,3)17-11(16)15-14-8-9-5-4-6-10(13)7-9;/h4-7H,8H2,1-3H3,(H,15,16);/q-1;. The van der Waals surface area contributed by atoms with Crippen molar-refractivity contribution in [2.24, 2.45) is 0 Å². The van der Waals surface area contributed by atoms with Gasteiger partial charge in [-0.3, -0.25) is 0 Å². The summed E-state index contributed by atoms with van der Waals surface area (Å²) in [5, 5.41) is 0. The molecule has 0 saturated heterocycles. The number of nitrogens with zero attached hydrogens (tertiary/aromatic N) is 1. The summed E-state index contributed by atoms with van der Waals surface area (Å²) in [5.41, 5.74) is 6.78. The van der Waals surface area contributed by atoms with Gasteiger partial charge < -0.3 is 15.6 Å². The Bertz CT molecular complexity index is 394. The second-order valence-corrected chi connectivity index (χ2v) is 5.48. The van der Waals surface area contributed by atoms with Crippen molar-refractivity contribution in [3.05, 3.63) is 39.7 Å². The van der Waals surface area contributed by atoms with E-state index in [0.717, 1.165) is 10.0 Å². The normalized spacial score (nSPS) is 10.4. The van der Waals surface area contributed by atoms with Crippen LogP contribution in [0.25, 0.3) is 5.43 Å². The molecule has 1 N–H and O–H groups in total. The van der Waals surface area contributed by atoms with Crippen molar-refractivity contribution in [2.45, 2.75) is 32.9 Å². The van der Waals surface area contributed by atoms with Gasteiger partial charge in [-0.2, -0.15) is 0 Å². The predicted octanol–water partition coefficient (Wildman–Crippen LogP) is 3.76.